The van der Waals surface area contributed by atoms with Crippen molar-refractivity contribution in [2.24, 2.45) is 0 Å². The standard InChI is InChI=1S/C29H66Cl4N4O12Si8/c1-5-9-22-51-38-29-50(21-13-17-34-30)39-52(26-14-18-35-31)43-54(41-51,23-10-6-2)47-56(25-12-8-4)48-55(42-51,24-11-7-3)44-53(40-50,27-15-19-36-32)46-57(45-52,49-56)28-16-20-37-33/h34-37H,5-29H2,1-4H3. The Morgan fingerprint density at radius 2 is 0.579 bits per heavy atom. The highest BCUT2D eigenvalue weighted by atomic mass is 35.5. The summed E-state index contributed by atoms with van der Waals surface area (Å²) in [7, 11) is -31.3. The van der Waals surface area contributed by atoms with Crippen molar-refractivity contribution in [1.29, 1.82) is 0 Å². The van der Waals surface area contributed by atoms with Crippen LogP contribution in [0.25, 0.3) is 0 Å². The van der Waals surface area contributed by atoms with Crippen molar-refractivity contribution in [2.45, 2.75) is 153 Å². The van der Waals surface area contributed by atoms with Gasteiger partial charge in [0.25, 0.3) is 0 Å². The average molecular weight is 1030 g/mol. The van der Waals surface area contributed by atoms with E-state index in [0.29, 0.717) is 100 Å². The summed E-state index contributed by atoms with van der Waals surface area (Å²) in [4.78, 5) is 11.1. The van der Waals surface area contributed by atoms with Crippen LogP contribution in [0, 0.1) is 0 Å². The van der Waals surface area contributed by atoms with Crippen molar-refractivity contribution in [2.75, 3.05) is 32.4 Å². The summed E-state index contributed by atoms with van der Waals surface area (Å²) in [6.45, 7) is 10.5. The molecule has 8 bridgehead atoms. The van der Waals surface area contributed by atoms with Crippen LogP contribution in [0.3, 0.4) is 0 Å². The fourth-order valence-corrected chi connectivity index (χ4v) is 58.5. The van der Waals surface area contributed by atoms with Crippen LogP contribution in [0.5, 0.6) is 0 Å². The maximum atomic E-state index is 7.74. The first-order valence-corrected chi connectivity index (χ1v) is 38.4. The molecule has 4 N–H and O–H groups in total. The molecule has 0 aromatic heterocycles. The van der Waals surface area contributed by atoms with Gasteiger partial charge in [-0.1, -0.05) is 53.4 Å². The number of fused-ring (bicyclic) bond motifs is 1. The van der Waals surface area contributed by atoms with Gasteiger partial charge in [0.05, 0.1) is 6.23 Å². The Morgan fingerprint density at radius 3 is 0.877 bits per heavy atom. The molecule has 6 heterocycles. The zero-order valence-electron chi connectivity index (χ0n) is 34.1. The van der Waals surface area contributed by atoms with Crippen molar-refractivity contribution in [3.8, 4) is 0 Å². The highest BCUT2D eigenvalue weighted by molar-refractivity contribution is 7.02. The van der Waals surface area contributed by atoms with Crippen molar-refractivity contribution < 1.29 is 49.7 Å². The third kappa shape index (κ3) is 13.0. The van der Waals surface area contributed by atoms with Gasteiger partial charge in [-0.25, -0.2) is 19.3 Å². The van der Waals surface area contributed by atoms with Crippen LogP contribution in [0.2, 0.25) is 48.4 Å². The first kappa shape index (κ1) is 50.3. The minimum atomic E-state index is -4.01. The van der Waals surface area contributed by atoms with Crippen LogP contribution < -0.4 is 19.3 Å². The predicted molar refractivity (Wildman–Crippen MR) is 236 cm³/mol. The van der Waals surface area contributed by atoms with E-state index in [0.717, 1.165) is 51.4 Å². The summed E-state index contributed by atoms with van der Waals surface area (Å²) in [5, 5.41) is 0. The average Bonchev–Trinajstić information content (AvgIpc) is 3.23. The quantitative estimate of drug-likeness (QED) is 0.0346. The lowest BCUT2D eigenvalue weighted by atomic mass is 10.4. The van der Waals surface area contributed by atoms with E-state index in [1.54, 1.807) is 0 Å². The molecule has 0 amide bonds. The van der Waals surface area contributed by atoms with Crippen LogP contribution in [-0.2, 0) is 49.7 Å². The van der Waals surface area contributed by atoms with Gasteiger partial charge in [0.15, 0.2) is 0 Å². The van der Waals surface area contributed by atoms with E-state index < -0.39 is 70.2 Å². The number of hydrogen-bond acceptors (Lipinski definition) is 16. The van der Waals surface area contributed by atoms with Gasteiger partial charge in [-0.15, -0.1) is 0 Å². The van der Waals surface area contributed by atoms with Crippen molar-refractivity contribution in [1.82, 2.24) is 19.3 Å². The largest absolute Gasteiger partial charge is 0.486 e. The topological polar surface area (TPSA) is 159 Å². The molecule has 0 aromatic carbocycles. The number of unbranched alkanes of at least 4 members (excludes halogenated alkanes) is 4. The molecule has 6 saturated heterocycles. The minimum Gasteiger partial charge on any atom is -0.393 e. The second-order valence-corrected chi connectivity index (χ2v) is 41.5. The fraction of sp³-hybridized carbons (Fsp3) is 1.00. The molecule has 57 heavy (non-hydrogen) atoms. The van der Waals surface area contributed by atoms with Gasteiger partial charge in [0, 0.05) is 68.5 Å². The van der Waals surface area contributed by atoms with E-state index in [9.17, 15) is 0 Å². The molecular weight excluding hydrogens is 963 g/mol. The molecule has 16 nitrogen and oxygen atoms in total. The number of halogens is 4. The molecule has 6 fully saturated rings. The maximum Gasteiger partial charge on any atom is 0.486 e. The number of nitrogens with one attached hydrogen (secondary N) is 4. The first-order chi connectivity index (χ1) is 27.5. The van der Waals surface area contributed by atoms with E-state index in [-0.39, 0.29) is 6.23 Å². The van der Waals surface area contributed by atoms with Crippen LogP contribution in [-0.4, -0.2) is 103 Å². The maximum absolute atomic E-state index is 7.74. The molecular formula is C29H66Cl4N4O12Si8. The highest BCUT2D eigenvalue weighted by Gasteiger charge is 2.80. The number of hydrogen-bond donors (Lipinski definition) is 4. The zero-order valence-corrected chi connectivity index (χ0v) is 45.1. The zero-order chi connectivity index (χ0) is 41.0. The lowest BCUT2D eigenvalue weighted by Gasteiger charge is -2.59. The Hall–Kier alpha value is 2.26. The molecule has 0 radical (unpaired) electrons. The van der Waals surface area contributed by atoms with E-state index in [1.807, 2.05) is 0 Å². The third-order valence-corrected chi connectivity index (χ3v) is 48.4. The Bertz CT molecular complexity index is 1200. The molecule has 4 unspecified atom stereocenters. The van der Waals surface area contributed by atoms with Gasteiger partial charge in [0.2, 0.25) is 0 Å². The van der Waals surface area contributed by atoms with Crippen LogP contribution in [0.1, 0.15) is 105 Å². The second-order valence-electron chi connectivity index (χ2n) is 15.5. The van der Waals surface area contributed by atoms with E-state index in [4.69, 9.17) is 96.8 Å². The SMILES string of the molecule is CCCC[Si]12OC[Si]3(CCCNCl)O[Si]4(CCCNCl)O[Si](CCCC)(O1)O[Si]1(CCCC)O[Si](CCCC)(O2)O[Si](CCCNCl)(O3)O[Si](CCCNCl)(O4)O1. The summed E-state index contributed by atoms with van der Waals surface area (Å²) in [6, 6.07) is 3.53. The monoisotopic (exact) mass is 1030 g/mol. The lowest BCUT2D eigenvalue weighted by Crippen LogP contribution is -2.84. The Balaban J connectivity index is 1.90. The van der Waals surface area contributed by atoms with Gasteiger partial charge < -0.3 is 49.7 Å². The molecule has 334 valence electrons. The molecule has 6 aliphatic rings. The predicted octanol–water partition coefficient (Wildman–Crippen LogP) is 7.54. The molecule has 28 heteroatoms. The van der Waals surface area contributed by atoms with Crippen LogP contribution >= 0.6 is 47.1 Å². The molecule has 4 atom stereocenters. The number of rotatable bonds is 28. The molecule has 0 saturated carbocycles. The Labute approximate surface area is 369 Å². The Kier molecular flexibility index (Phi) is 20.2. The summed E-state index contributed by atoms with van der Waals surface area (Å²) >= 11 is 24.4. The summed E-state index contributed by atoms with van der Waals surface area (Å²) < 4.78 is 92.2. The summed E-state index contributed by atoms with van der Waals surface area (Å²) in [6.07, 6.45) is 8.97. The molecule has 0 spiro atoms. The third-order valence-electron chi connectivity index (χ3n) is 10.4. The van der Waals surface area contributed by atoms with Gasteiger partial charge in [0.1, 0.15) is 0 Å². The molecule has 6 rings (SSSR count). The fourth-order valence-electron chi connectivity index (χ4n) is 7.83. The molecule has 0 aliphatic carbocycles. The minimum absolute atomic E-state index is 0.0934. The van der Waals surface area contributed by atoms with Crippen LogP contribution in [0.4, 0.5) is 0 Å². The van der Waals surface area contributed by atoms with E-state index in [2.05, 4.69) is 47.0 Å². The second kappa shape index (κ2) is 22.9. The van der Waals surface area contributed by atoms with Crippen molar-refractivity contribution in [3.63, 3.8) is 0 Å². The van der Waals surface area contributed by atoms with Crippen LogP contribution in [0.15, 0.2) is 0 Å². The summed E-state index contributed by atoms with van der Waals surface area (Å²) in [5.41, 5.74) is 0. The van der Waals surface area contributed by atoms with Gasteiger partial charge >= 0.3 is 70.2 Å². The van der Waals surface area contributed by atoms with Gasteiger partial charge in [-0.05, 0) is 105 Å². The van der Waals surface area contributed by atoms with E-state index in [1.165, 1.54) is 0 Å². The smallest absolute Gasteiger partial charge is 0.393 e. The Morgan fingerprint density at radius 1 is 0.333 bits per heavy atom. The molecule has 6 aliphatic heterocycles. The lowest BCUT2D eigenvalue weighted by molar-refractivity contribution is 0.00305. The van der Waals surface area contributed by atoms with Crippen molar-refractivity contribution in [3.05, 3.63) is 0 Å². The first-order valence-electron chi connectivity index (χ1n) is 21.2. The van der Waals surface area contributed by atoms with E-state index >= 15 is 0 Å². The highest BCUT2D eigenvalue weighted by Crippen LogP contribution is 2.53. The van der Waals surface area contributed by atoms with Crippen molar-refractivity contribution >= 4 is 117 Å². The van der Waals surface area contributed by atoms with Gasteiger partial charge in [-0.3, -0.25) is 0 Å². The van der Waals surface area contributed by atoms with Gasteiger partial charge in [-0.2, -0.15) is 0 Å². The summed E-state index contributed by atoms with van der Waals surface area (Å²) in [5.74, 6) is 0. The molecule has 0 aromatic rings. The normalized spacial score (nSPS) is 38.7.